The fourth-order valence-electron chi connectivity index (χ4n) is 3.52. The molecule has 1 saturated heterocycles. The maximum absolute atomic E-state index is 12.4. The van der Waals surface area contributed by atoms with Gasteiger partial charge in [0.15, 0.2) is 5.82 Å². The molecule has 0 bridgehead atoms. The summed E-state index contributed by atoms with van der Waals surface area (Å²) in [7, 11) is 0. The molecule has 1 aliphatic heterocycles. The van der Waals surface area contributed by atoms with Crippen molar-refractivity contribution in [1.29, 1.82) is 0 Å². The molecule has 5 nitrogen and oxygen atoms in total. The van der Waals surface area contributed by atoms with Gasteiger partial charge in [-0.2, -0.15) is 4.98 Å². The molecule has 1 aromatic carbocycles. The van der Waals surface area contributed by atoms with Crippen molar-refractivity contribution in [3.8, 4) is 0 Å². The van der Waals surface area contributed by atoms with E-state index in [2.05, 4.69) is 47.9 Å². The Kier molecular flexibility index (Phi) is 4.78. The monoisotopic (exact) mass is 341 g/mol. The van der Waals surface area contributed by atoms with E-state index in [1.54, 1.807) is 6.92 Å². The Morgan fingerprint density at radius 1 is 1.20 bits per heavy atom. The van der Waals surface area contributed by atoms with Gasteiger partial charge in [0.05, 0.1) is 12.0 Å². The standard InChI is InChI=1S/C20H27N3O2/c1-15(24)20(16-8-6-5-7-9-16)10-12-23(13-11-20)14-17-21-18(25-22-17)19(2,3)4/h5-9H,10-14H2,1-4H3. The summed E-state index contributed by atoms with van der Waals surface area (Å²) < 4.78 is 5.38. The lowest BCUT2D eigenvalue weighted by Crippen LogP contribution is -2.46. The van der Waals surface area contributed by atoms with Crippen molar-refractivity contribution in [2.45, 2.75) is 57.9 Å². The number of carbonyl (C=O) groups is 1. The van der Waals surface area contributed by atoms with Crippen LogP contribution in [0.25, 0.3) is 0 Å². The molecule has 1 fully saturated rings. The lowest BCUT2D eigenvalue weighted by atomic mass is 9.70. The summed E-state index contributed by atoms with van der Waals surface area (Å²) in [5.74, 6) is 1.65. The molecule has 134 valence electrons. The highest BCUT2D eigenvalue weighted by Crippen LogP contribution is 2.36. The summed E-state index contributed by atoms with van der Waals surface area (Å²) in [5, 5.41) is 4.11. The molecule has 0 radical (unpaired) electrons. The van der Waals surface area contributed by atoms with Crippen LogP contribution in [0.1, 0.15) is 57.8 Å². The molecule has 0 atom stereocenters. The Bertz CT molecular complexity index is 723. The maximum atomic E-state index is 12.4. The van der Waals surface area contributed by atoms with Crippen LogP contribution < -0.4 is 0 Å². The molecule has 0 aliphatic carbocycles. The van der Waals surface area contributed by atoms with E-state index in [4.69, 9.17) is 4.52 Å². The second kappa shape index (κ2) is 6.71. The highest BCUT2D eigenvalue weighted by molar-refractivity contribution is 5.88. The first-order valence-corrected chi connectivity index (χ1v) is 8.93. The minimum atomic E-state index is -0.356. The molecule has 0 spiro atoms. The summed E-state index contributed by atoms with van der Waals surface area (Å²) in [6, 6.07) is 10.2. The number of piperidine rings is 1. The fraction of sp³-hybridized carbons (Fsp3) is 0.550. The van der Waals surface area contributed by atoms with Crippen molar-refractivity contribution in [3.05, 3.63) is 47.6 Å². The molecular weight excluding hydrogens is 314 g/mol. The summed E-state index contributed by atoms with van der Waals surface area (Å²) in [5.41, 5.74) is 0.646. The lowest BCUT2D eigenvalue weighted by molar-refractivity contribution is -0.124. The van der Waals surface area contributed by atoms with Gasteiger partial charge in [0.25, 0.3) is 0 Å². The number of ketones is 1. The smallest absolute Gasteiger partial charge is 0.232 e. The number of aromatic nitrogens is 2. The van der Waals surface area contributed by atoms with Crippen LogP contribution >= 0.6 is 0 Å². The Morgan fingerprint density at radius 2 is 1.84 bits per heavy atom. The van der Waals surface area contributed by atoms with Gasteiger partial charge >= 0.3 is 0 Å². The highest BCUT2D eigenvalue weighted by Gasteiger charge is 2.40. The molecule has 0 N–H and O–H groups in total. The van der Waals surface area contributed by atoms with Crippen molar-refractivity contribution in [1.82, 2.24) is 15.0 Å². The van der Waals surface area contributed by atoms with Gasteiger partial charge < -0.3 is 4.52 Å². The van der Waals surface area contributed by atoms with E-state index in [-0.39, 0.29) is 16.6 Å². The number of nitrogens with zero attached hydrogens (tertiary/aromatic N) is 3. The average molecular weight is 341 g/mol. The number of Topliss-reactive ketones (excluding diaryl/α,β-unsaturated/α-hetero) is 1. The summed E-state index contributed by atoms with van der Waals surface area (Å²) in [4.78, 5) is 19.3. The normalized spacial score (nSPS) is 18.2. The molecule has 0 amide bonds. The van der Waals surface area contributed by atoms with Crippen LogP contribution in [-0.2, 0) is 22.2 Å². The van der Waals surface area contributed by atoms with Crippen molar-refractivity contribution < 1.29 is 9.32 Å². The van der Waals surface area contributed by atoms with Crippen LogP contribution in [0.3, 0.4) is 0 Å². The van der Waals surface area contributed by atoms with Crippen LogP contribution in [0.15, 0.2) is 34.9 Å². The van der Waals surface area contributed by atoms with E-state index in [1.165, 1.54) is 0 Å². The van der Waals surface area contributed by atoms with E-state index >= 15 is 0 Å². The van der Waals surface area contributed by atoms with Crippen molar-refractivity contribution in [3.63, 3.8) is 0 Å². The minimum Gasteiger partial charge on any atom is -0.339 e. The topological polar surface area (TPSA) is 59.2 Å². The quantitative estimate of drug-likeness (QED) is 0.852. The molecule has 2 aromatic rings. The second-order valence-electron chi connectivity index (χ2n) is 8.05. The molecule has 25 heavy (non-hydrogen) atoms. The van der Waals surface area contributed by atoms with Crippen molar-refractivity contribution in [2.24, 2.45) is 0 Å². The van der Waals surface area contributed by atoms with Gasteiger partial charge in [-0.05, 0) is 38.4 Å². The zero-order valence-corrected chi connectivity index (χ0v) is 15.6. The summed E-state index contributed by atoms with van der Waals surface area (Å²) in [6.07, 6.45) is 1.66. The Morgan fingerprint density at radius 3 is 2.36 bits per heavy atom. The molecule has 5 heteroatoms. The SMILES string of the molecule is CC(=O)C1(c2ccccc2)CCN(Cc2noc(C(C)(C)C)n2)CC1. The number of rotatable bonds is 4. The predicted octanol–water partition coefficient (Wildman–Crippen LogP) is 3.49. The number of benzene rings is 1. The van der Waals surface area contributed by atoms with Gasteiger partial charge in [0.2, 0.25) is 5.89 Å². The molecule has 1 aliphatic rings. The first-order chi connectivity index (χ1) is 11.8. The number of carbonyl (C=O) groups excluding carboxylic acids is 1. The van der Waals surface area contributed by atoms with Crippen molar-refractivity contribution >= 4 is 5.78 Å². The average Bonchev–Trinajstić information content (AvgIpc) is 3.05. The first-order valence-electron chi connectivity index (χ1n) is 8.93. The second-order valence-corrected chi connectivity index (χ2v) is 8.05. The number of hydrogen-bond acceptors (Lipinski definition) is 5. The van der Waals surface area contributed by atoms with E-state index < -0.39 is 0 Å². The molecule has 0 saturated carbocycles. The van der Waals surface area contributed by atoms with Gasteiger partial charge in [-0.15, -0.1) is 0 Å². The molecule has 0 unspecified atom stereocenters. The Balaban J connectivity index is 1.68. The molecule has 3 rings (SSSR count). The van der Waals surface area contributed by atoms with Crippen LogP contribution in [0.4, 0.5) is 0 Å². The minimum absolute atomic E-state index is 0.135. The number of likely N-dealkylation sites (tertiary alicyclic amines) is 1. The van der Waals surface area contributed by atoms with Crippen molar-refractivity contribution in [2.75, 3.05) is 13.1 Å². The van der Waals surface area contributed by atoms with Gasteiger partial charge in [0, 0.05) is 5.41 Å². The van der Waals surface area contributed by atoms with Gasteiger partial charge in [-0.3, -0.25) is 9.69 Å². The van der Waals surface area contributed by atoms with Crippen LogP contribution in [0.5, 0.6) is 0 Å². The van der Waals surface area contributed by atoms with Crippen LogP contribution in [0, 0.1) is 0 Å². The van der Waals surface area contributed by atoms with Crippen LogP contribution in [0.2, 0.25) is 0 Å². The third kappa shape index (κ3) is 3.66. The lowest BCUT2D eigenvalue weighted by Gasteiger charge is -2.40. The third-order valence-electron chi connectivity index (χ3n) is 5.18. The van der Waals surface area contributed by atoms with E-state index in [0.29, 0.717) is 12.4 Å². The maximum Gasteiger partial charge on any atom is 0.232 e. The molecule has 1 aromatic heterocycles. The van der Waals surface area contributed by atoms with Gasteiger partial charge in [-0.1, -0.05) is 56.3 Å². The zero-order valence-electron chi connectivity index (χ0n) is 15.6. The van der Waals surface area contributed by atoms with E-state index in [0.717, 1.165) is 37.3 Å². The summed E-state index contributed by atoms with van der Waals surface area (Å²) in [6.45, 7) is 10.3. The Labute approximate surface area is 149 Å². The first kappa shape index (κ1) is 17.8. The fourth-order valence-corrected chi connectivity index (χ4v) is 3.52. The largest absolute Gasteiger partial charge is 0.339 e. The highest BCUT2D eigenvalue weighted by atomic mass is 16.5. The van der Waals surface area contributed by atoms with Crippen LogP contribution in [-0.4, -0.2) is 33.9 Å². The predicted molar refractivity (Wildman–Crippen MR) is 96.3 cm³/mol. The van der Waals surface area contributed by atoms with Gasteiger partial charge in [0.1, 0.15) is 5.78 Å². The van der Waals surface area contributed by atoms with E-state index in [1.807, 2.05) is 18.2 Å². The third-order valence-corrected chi connectivity index (χ3v) is 5.18. The molecular formula is C20H27N3O2. The Hall–Kier alpha value is -2.01. The zero-order chi connectivity index (χ0) is 18.1. The van der Waals surface area contributed by atoms with E-state index in [9.17, 15) is 4.79 Å². The molecule has 2 heterocycles. The summed E-state index contributed by atoms with van der Waals surface area (Å²) >= 11 is 0. The number of hydrogen-bond donors (Lipinski definition) is 0. The van der Waals surface area contributed by atoms with Gasteiger partial charge in [-0.25, -0.2) is 0 Å².